The number of carbonyl (C=O) groups excluding carboxylic acids is 1. The maximum atomic E-state index is 12.5. The van der Waals surface area contributed by atoms with Gasteiger partial charge in [0.05, 0.1) is 18.5 Å². The number of benzene rings is 2. The molecule has 3 heterocycles. The molecule has 1 aliphatic rings. The highest BCUT2D eigenvalue weighted by Gasteiger charge is 2.26. The van der Waals surface area contributed by atoms with Gasteiger partial charge in [0.1, 0.15) is 23.6 Å². The molecule has 3 N–H and O–H groups in total. The van der Waals surface area contributed by atoms with Crippen LogP contribution in [0.25, 0.3) is 22.3 Å². The van der Waals surface area contributed by atoms with Crippen LogP contribution in [-0.4, -0.2) is 57.3 Å². The number of hydrogen-bond acceptors (Lipinski definition) is 7. The fourth-order valence-corrected chi connectivity index (χ4v) is 4.84. The Hall–Kier alpha value is -4.24. The molecule has 190 valence electrons. The highest BCUT2D eigenvalue weighted by molar-refractivity contribution is 5.98. The summed E-state index contributed by atoms with van der Waals surface area (Å²) in [4.78, 5) is 23.7. The molecule has 9 nitrogen and oxygen atoms in total. The summed E-state index contributed by atoms with van der Waals surface area (Å²) < 4.78 is 7.17. The number of fused-ring (bicyclic) bond motifs is 1. The van der Waals surface area contributed by atoms with Crippen LogP contribution in [0.5, 0.6) is 5.75 Å². The molecule has 0 spiro atoms. The lowest BCUT2D eigenvalue weighted by molar-refractivity contribution is 0.0951. The first kappa shape index (κ1) is 24.5. The Balaban J connectivity index is 1.36. The largest absolute Gasteiger partial charge is 0.497 e. The second kappa shape index (κ2) is 10.8. The molecular weight excluding hydrogens is 466 g/mol. The number of nitrogens with one attached hydrogen (secondary N) is 1. The van der Waals surface area contributed by atoms with Crippen LogP contribution in [0, 0.1) is 0 Å². The summed E-state index contributed by atoms with van der Waals surface area (Å²) in [6.45, 7) is 7.09. The molecule has 1 fully saturated rings. The van der Waals surface area contributed by atoms with Gasteiger partial charge in [-0.25, -0.2) is 14.6 Å². The Kier molecular flexibility index (Phi) is 7.14. The third kappa shape index (κ3) is 5.17. The van der Waals surface area contributed by atoms with Crippen molar-refractivity contribution in [1.29, 1.82) is 0 Å². The first-order chi connectivity index (χ1) is 18.1. The molecule has 1 atom stereocenters. The lowest BCUT2D eigenvalue weighted by atomic mass is 10.1. The number of nitrogen functional groups attached to an aromatic ring is 1. The number of hydrogen-bond donors (Lipinski definition) is 2. The number of ether oxygens (including phenoxy) is 1. The molecule has 0 unspecified atom stereocenters. The van der Waals surface area contributed by atoms with Crippen LogP contribution in [0.4, 0.5) is 5.82 Å². The van der Waals surface area contributed by atoms with Gasteiger partial charge in [0.15, 0.2) is 5.65 Å². The Labute approximate surface area is 216 Å². The highest BCUT2D eigenvalue weighted by atomic mass is 16.5. The maximum Gasteiger partial charge on any atom is 0.251 e. The normalized spacial score (nSPS) is 16.0. The third-order valence-corrected chi connectivity index (χ3v) is 6.76. The zero-order valence-electron chi connectivity index (χ0n) is 20.9. The molecule has 1 amide bonds. The van der Waals surface area contributed by atoms with Crippen LogP contribution < -0.4 is 15.8 Å². The van der Waals surface area contributed by atoms with E-state index >= 15 is 0 Å². The van der Waals surface area contributed by atoms with E-state index in [-0.39, 0.29) is 11.9 Å². The van der Waals surface area contributed by atoms with Gasteiger partial charge in [-0.3, -0.25) is 9.69 Å². The third-order valence-electron chi connectivity index (χ3n) is 6.76. The van der Waals surface area contributed by atoms with E-state index in [2.05, 4.69) is 26.8 Å². The number of piperidine rings is 1. The number of nitrogens with two attached hydrogens (primary N) is 1. The van der Waals surface area contributed by atoms with Crippen molar-refractivity contribution in [2.45, 2.75) is 25.4 Å². The van der Waals surface area contributed by atoms with Crippen LogP contribution in [0.3, 0.4) is 0 Å². The molecule has 37 heavy (non-hydrogen) atoms. The summed E-state index contributed by atoms with van der Waals surface area (Å²) in [6, 6.07) is 15.2. The Morgan fingerprint density at radius 2 is 1.97 bits per heavy atom. The molecule has 0 aliphatic carbocycles. The van der Waals surface area contributed by atoms with Crippen molar-refractivity contribution in [2.75, 3.05) is 32.5 Å². The van der Waals surface area contributed by atoms with Gasteiger partial charge in [0, 0.05) is 30.8 Å². The predicted octanol–water partition coefficient (Wildman–Crippen LogP) is 3.84. The SMILES string of the molecule is C=CCN1CCC[C@@H](n2nc(-c3ccc(CNC(=O)c4ccc(OC)cc4)cc3)c3c(N)ncnc32)C1. The minimum absolute atomic E-state index is 0.139. The van der Waals surface area contributed by atoms with E-state index in [1.54, 1.807) is 31.4 Å². The van der Waals surface area contributed by atoms with Crippen LogP contribution in [-0.2, 0) is 6.54 Å². The highest BCUT2D eigenvalue weighted by Crippen LogP contribution is 2.33. The quantitative estimate of drug-likeness (QED) is 0.356. The first-order valence-corrected chi connectivity index (χ1v) is 12.4. The van der Waals surface area contributed by atoms with Gasteiger partial charge >= 0.3 is 0 Å². The van der Waals surface area contributed by atoms with Crippen molar-refractivity contribution >= 4 is 22.8 Å². The number of methoxy groups -OCH3 is 1. The van der Waals surface area contributed by atoms with E-state index < -0.39 is 0 Å². The Morgan fingerprint density at radius 3 is 2.70 bits per heavy atom. The second-order valence-electron chi connectivity index (χ2n) is 9.20. The van der Waals surface area contributed by atoms with Crippen molar-refractivity contribution in [3.63, 3.8) is 0 Å². The summed E-state index contributed by atoms with van der Waals surface area (Å²) in [5.41, 5.74) is 10.3. The molecule has 5 rings (SSSR count). The molecule has 9 heteroatoms. The summed E-state index contributed by atoms with van der Waals surface area (Å²) >= 11 is 0. The molecule has 2 aromatic carbocycles. The van der Waals surface area contributed by atoms with Gasteiger partial charge in [0.25, 0.3) is 5.91 Å². The number of nitrogens with zero attached hydrogens (tertiary/aromatic N) is 5. The lowest BCUT2D eigenvalue weighted by Gasteiger charge is -2.32. The number of likely N-dealkylation sites (tertiary alicyclic amines) is 1. The zero-order valence-corrected chi connectivity index (χ0v) is 20.9. The van der Waals surface area contributed by atoms with Gasteiger partial charge in [-0.05, 0) is 49.2 Å². The fraction of sp³-hybridized carbons (Fsp3) is 0.286. The summed E-state index contributed by atoms with van der Waals surface area (Å²) in [5.74, 6) is 0.992. The van der Waals surface area contributed by atoms with E-state index in [4.69, 9.17) is 15.6 Å². The average Bonchev–Trinajstić information content (AvgIpc) is 3.33. The van der Waals surface area contributed by atoms with Gasteiger partial charge in [0.2, 0.25) is 0 Å². The molecule has 4 aromatic rings. The fourth-order valence-electron chi connectivity index (χ4n) is 4.84. The molecular formula is C28H31N7O2. The Morgan fingerprint density at radius 1 is 1.19 bits per heavy atom. The van der Waals surface area contributed by atoms with Crippen molar-refractivity contribution in [3.05, 3.63) is 78.6 Å². The molecule has 1 saturated heterocycles. The van der Waals surface area contributed by atoms with E-state index in [0.717, 1.165) is 60.3 Å². The number of amides is 1. The lowest BCUT2D eigenvalue weighted by Crippen LogP contribution is -2.37. The van der Waals surface area contributed by atoms with Crippen LogP contribution >= 0.6 is 0 Å². The van der Waals surface area contributed by atoms with E-state index in [9.17, 15) is 4.79 Å². The minimum Gasteiger partial charge on any atom is -0.497 e. The monoisotopic (exact) mass is 497 g/mol. The van der Waals surface area contributed by atoms with E-state index in [0.29, 0.717) is 23.7 Å². The summed E-state index contributed by atoms with van der Waals surface area (Å²) in [7, 11) is 1.60. The van der Waals surface area contributed by atoms with Gasteiger partial charge in [-0.2, -0.15) is 5.10 Å². The van der Waals surface area contributed by atoms with E-state index in [1.807, 2.05) is 35.0 Å². The standard InChI is InChI=1S/C28H31N7O2/c1-3-14-34-15-4-5-22(17-34)35-27-24(26(29)31-18-32-27)25(33-35)20-8-6-19(7-9-20)16-30-28(36)21-10-12-23(37-2)13-11-21/h3,6-13,18,22H,1,4-5,14-17H2,2H3,(H,30,36)(H2,29,31,32)/t22-/m1/s1. The predicted molar refractivity (Wildman–Crippen MR) is 144 cm³/mol. The van der Waals surface area contributed by atoms with Gasteiger partial charge < -0.3 is 15.8 Å². The van der Waals surface area contributed by atoms with Crippen molar-refractivity contribution in [2.24, 2.45) is 0 Å². The van der Waals surface area contributed by atoms with Crippen molar-refractivity contribution in [1.82, 2.24) is 30.0 Å². The number of rotatable bonds is 8. The van der Waals surface area contributed by atoms with Crippen molar-refractivity contribution in [3.8, 4) is 17.0 Å². The molecule has 1 aliphatic heterocycles. The second-order valence-corrected chi connectivity index (χ2v) is 9.20. The first-order valence-electron chi connectivity index (χ1n) is 12.4. The maximum absolute atomic E-state index is 12.5. The Bertz CT molecular complexity index is 1400. The minimum atomic E-state index is -0.139. The average molecular weight is 498 g/mol. The summed E-state index contributed by atoms with van der Waals surface area (Å²) in [6.07, 6.45) is 5.56. The number of carbonyl (C=O) groups is 1. The van der Waals surface area contributed by atoms with Gasteiger partial charge in [-0.1, -0.05) is 30.3 Å². The summed E-state index contributed by atoms with van der Waals surface area (Å²) in [5, 5.41) is 8.73. The smallest absolute Gasteiger partial charge is 0.251 e. The molecule has 0 saturated carbocycles. The molecule has 0 radical (unpaired) electrons. The van der Waals surface area contributed by atoms with Crippen LogP contribution in [0.15, 0.2) is 67.5 Å². The molecule has 2 aromatic heterocycles. The van der Waals surface area contributed by atoms with Gasteiger partial charge in [-0.15, -0.1) is 6.58 Å². The van der Waals surface area contributed by atoms with E-state index in [1.165, 1.54) is 6.33 Å². The van der Waals surface area contributed by atoms with Crippen LogP contribution in [0.1, 0.15) is 34.8 Å². The zero-order chi connectivity index (χ0) is 25.8. The number of anilines is 1. The van der Waals surface area contributed by atoms with Crippen molar-refractivity contribution < 1.29 is 9.53 Å². The topological polar surface area (TPSA) is 111 Å². The molecule has 0 bridgehead atoms. The number of aromatic nitrogens is 4. The van der Waals surface area contributed by atoms with Crippen LogP contribution in [0.2, 0.25) is 0 Å².